The minimum Gasteiger partial charge on any atom is -0.365 e. The second-order valence-electron chi connectivity index (χ2n) is 3.65. The summed E-state index contributed by atoms with van der Waals surface area (Å²) in [5, 5.41) is 11.3. The van der Waals surface area contributed by atoms with Crippen LogP contribution in [0.4, 0.5) is 5.82 Å². The average Bonchev–Trinajstić information content (AvgIpc) is 2.37. The number of aromatic nitrogens is 2. The largest absolute Gasteiger partial charge is 0.365 e. The van der Waals surface area contributed by atoms with Crippen LogP contribution in [0.1, 0.15) is 16.1 Å². The molecule has 92 valence electrons. The van der Waals surface area contributed by atoms with Crippen molar-refractivity contribution < 1.29 is 4.79 Å². The van der Waals surface area contributed by atoms with E-state index in [4.69, 9.17) is 17.3 Å². The van der Waals surface area contributed by atoms with Crippen LogP contribution in [0, 0.1) is 0 Å². The average molecular weight is 263 g/mol. The van der Waals surface area contributed by atoms with Crippen molar-refractivity contribution in [3.8, 4) is 0 Å². The molecule has 0 aliphatic carbocycles. The Hall–Kier alpha value is -2.14. The van der Waals surface area contributed by atoms with Gasteiger partial charge in [-0.1, -0.05) is 23.7 Å². The van der Waals surface area contributed by atoms with Gasteiger partial charge in [0.1, 0.15) is 5.82 Å². The van der Waals surface area contributed by atoms with Gasteiger partial charge in [0.15, 0.2) is 5.69 Å². The zero-order valence-corrected chi connectivity index (χ0v) is 10.2. The smallest absolute Gasteiger partial charge is 0.269 e. The summed E-state index contributed by atoms with van der Waals surface area (Å²) in [6.07, 6.45) is 0. The molecule has 1 aromatic carbocycles. The molecule has 1 aromatic heterocycles. The molecule has 3 N–H and O–H groups in total. The normalized spacial score (nSPS) is 10.1. The molecule has 5 nitrogen and oxygen atoms in total. The van der Waals surface area contributed by atoms with E-state index in [1.165, 1.54) is 6.07 Å². The summed E-state index contributed by atoms with van der Waals surface area (Å²) < 4.78 is 0. The minimum absolute atomic E-state index is 0.142. The lowest BCUT2D eigenvalue weighted by atomic mass is 10.2. The summed E-state index contributed by atoms with van der Waals surface area (Å²) in [4.78, 5) is 10.8. The lowest BCUT2D eigenvalue weighted by Gasteiger charge is -2.05. The van der Waals surface area contributed by atoms with E-state index < -0.39 is 5.91 Å². The summed E-state index contributed by atoms with van der Waals surface area (Å²) >= 11 is 5.88. The van der Waals surface area contributed by atoms with Crippen LogP contribution in [-0.2, 0) is 6.54 Å². The Morgan fingerprint density at radius 3 is 2.72 bits per heavy atom. The molecule has 2 rings (SSSR count). The molecule has 0 saturated carbocycles. The van der Waals surface area contributed by atoms with Crippen LogP contribution >= 0.6 is 11.6 Å². The molecule has 1 heterocycles. The highest BCUT2D eigenvalue weighted by molar-refractivity contribution is 6.30. The minimum atomic E-state index is -0.594. The monoisotopic (exact) mass is 262 g/mol. The van der Waals surface area contributed by atoms with Crippen LogP contribution in [0.3, 0.4) is 0 Å². The van der Waals surface area contributed by atoms with Gasteiger partial charge >= 0.3 is 0 Å². The molecule has 0 saturated heterocycles. The zero-order valence-electron chi connectivity index (χ0n) is 9.43. The van der Waals surface area contributed by atoms with Crippen molar-refractivity contribution in [2.75, 3.05) is 5.32 Å². The first-order valence-electron chi connectivity index (χ1n) is 5.27. The van der Waals surface area contributed by atoms with E-state index in [0.717, 1.165) is 5.56 Å². The number of benzene rings is 1. The SMILES string of the molecule is NC(=O)c1ccc(NCc2cccc(Cl)c2)nn1. The van der Waals surface area contributed by atoms with Gasteiger partial charge in [-0.25, -0.2) is 0 Å². The number of carbonyl (C=O) groups is 1. The molecule has 0 atom stereocenters. The molecule has 0 unspecified atom stereocenters. The standard InChI is InChI=1S/C12H11ClN4O/c13-9-3-1-2-8(6-9)7-15-11-5-4-10(12(14)18)16-17-11/h1-6H,7H2,(H2,14,18)(H,15,17). The number of primary amides is 1. The molecule has 0 radical (unpaired) electrons. The highest BCUT2D eigenvalue weighted by Gasteiger charge is 2.02. The van der Waals surface area contributed by atoms with Crippen LogP contribution in [0.2, 0.25) is 5.02 Å². The summed E-state index contributed by atoms with van der Waals surface area (Å²) in [6.45, 7) is 0.575. The number of anilines is 1. The van der Waals surface area contributed by atoms with Crippen molar-refractivity contribution in [3.63, 3.8) is 0 Å². The maximum absolute atomic E-state index is 10.8. The van der Waals surface area contributed by atoms with Gasteiger partial charge in [-0.05, 0) is 29.8 Å². The number of nitrogens with zero attached hydrogens (tertiary/aromatic N) is 2. The van der Waals surface area contributed by atoms with E-state index in [1.54, 1.807) is 6.07 Å². The third-order valence-corrected chi connectivity index (χ3v) is 2.51. The number of nitrogens with one attached hydrogen (secondary N) is 1. The fourth-order valence-electron chi connectivity index (χ4n) is 1.40. The summed E-state index contributed by atoms with van der Waals surface area (Å²) in [5.41, 5.74) is 6.24. The Morgan fingerprint density at radius 2 is 2.11 bits per heavy atom. The Labute approximate surface area is 109 Å². The molecule has 0 aliphatic heterocycles. The lowest BCUT2D eigenvalue weighted by molar-refractivity contribution is 0.0994. The molecule has 0 aliphatic rings. The first-order valence-corrected chi connectivity index (χ1v) is 5.65. The maximum atomic E-state index is 10.8. The fraction of sp³-hybridized carbons (Fsp3) is 0.0833. The van der Waals surface area contributed by atoms with E-state index in [1.807, 2.05) is 24.3 Å². The first kappa shape index (κ1) is 12.3. The number of carbonyl (C=O) groups excluding carboxylic acids is 1. The van der Waals surface area contributed by atoms with Crippen molar-refractivity contribution in [2.24, 2.45) is 5.73 Å². The van der Waals surface area contributed by atoms with Crippen molar-refractivity contribution in [3.05, 3.63) is 52.7 Å². The Kier molecular flexibility index (Phi) is 3.74. The fourth-order valence-corrected chi connectivity index (χ4v) is 1.61. The third-order valence-electron chi connectivity index (χ3n) is 2.28. The molecular formula is C12H11ClN4O. The lowest BCUT2D eigenvalue weighted by Crippen LogP contribution is -2.14. The van der Waals surface area contributed by atoms with E-state index in [0.29, 0.717) is 17.4 Å². The predicted molar refractivity (Wildman–Crippen MR) is 69.3 cm³/mol. The molecular weight excluding hydrogens is 252 g/mol. The van der Waals surface area contributed by atoms with E-state index in [-0.39, 0.29) is 5.69 Å². The van der Waals surface area contributed by atoms with Gasteiger partial charge in [0.2, 0.25) is 0 Å². The number of nitrogens with two attached hydrogens (primary N) is 1. The topological polar surface area (TPSA) is 80.9 Å². The predicted octanol–water partition coefficient (Wildman–Crippen LogP) is 1.84. The molecule has 6 heteroatoms. The summed E-state index contributed by atoms with van der Waals surface area (Å²) in [7, 11) is 0. The van der Waals surface area contributed by atoms with Gasteiger partial charge in [0.25, 0.3) is 5.91 Å². The van der Waals surface area contributed by atoms with Gasteiger partial charge in [-0.3, -0.25) is 4.79 Å². The number of hydrogen-bond acceptors (Lipinski definition) is 4. The van der Waals surface area contributed by atoms with Crippen LogP contribution in [0.25, 0.3) is 0 Å². The first-order chi connectivity index (χ1) is 8.65. The highest BCUT2D eigenvalue weighted by Crippen LogP contribution is 2.12. The highest BCUT2D eigenvalue weighted by atomic mass is 35.5. The number of hydrogen-bond donors (Lipinski definition) is 2. The maximum Gasteiger partial charge on any atom is 0.269 e. The van der Waals surface area contributed by atoms with Crippen LogP contribution in [-0.4, -0.2) is 16.1 Å². The number of halogens is 1. The third kappa shape index (κ3) is 3.18. The van der Waals surface area contributed by atoms with Gasteiger partial charge in [0.05, 0.1) is 0 Å². The second-order valence-corrected chi connectivity index (χ2v) is 4.09. The number of amides is 1. The van der Waals surface area contributed by atoms with Crippen molar-refractivity contribution in [2.45, 2.75) is 6.54 Å². The summed E-state index contributed by atoms with van der Waals surface area (Å²) in [5.74, 6) is -0.0242. The van der Waals surface area contributed by atoms with Crippen molar-refractivity contribution >= 4 is 23.3 Å². The molecule has 0 spiro atoms. The molecule has 1 amide bonds. The molecule has 0 fully saturated rings. The number of rotatable bonds is 4. The molecule has 18 heavy (non-hydrogen) atoms. The zero-order chi connectivity index (χ0) is 13.0. The Bertz CT molecular complexity index is 556. The Balaban J connectivity index is 2.00. The van der Waals surface area contributed by atoms with Crippen LogP contribution in [0.15, 0.2) is 36.4 Å². The Morgan fingerprint density at radius 1 is 1.28 bits per heavy atom. The van der Waals surface area contributed by atoms with E-state index in [2.05, 4.69) is 15.5 Å². The van der Waals surface area contributed by atoms with Crippen LogP contribution < -0.4 is 11.1 Å². The van der Waals surface area contributed by atoms with E-state index in [9.17, 15) is 4.79 Å². The summed E-state index contributed by atoms with van der Waals surface area (Å²) in [6, 6.07) is 10.7. The van der Waals surface area contributed by atoms with Gasteiger partial charge in [-0.2, -0.15) is 0 Å². The van der Waals surface area contributed by atoms with Gasteiger partial charge in [0, 0.05) is 11.6 Å². The van der Waals surface area contributed by atoms with Crippen LogP contribution in [0.5, 0.6) is 0 Å². The quantitative estimate of drug-likeness (QED) is 0.881. The van der Waals surface area contributed by atoms with E-state index >= 15 is 0 Å². The van der Waals surface area contributed by atoms with Gasteiger partial charge in [-0.15, -0.1) is 10.2 Å². The van der Waals surface area contributed by atoms with Gasteiger partial charge < -0.3 is 11.1 Å². The van der Waals surface area contributed by atoms with Crippen molar-refractivity contribution in [1.82, 2.24) is 10.2 Å². The molecule has 2 aromatic rings. The molecule has 0 bridgehead atoms. The second kappa shape index (κ2) is 5.46. The van der Waals surface area contributed by atoms with Crippen molar-refractivity contribution in [1.29, 1.82) is 0 Å².